The molecule has 4 aliphatic carbocycles. The molecular weight excluding hydrogens is 356 g/mol. The fraction of sp³-hybridized carbons (Fsp3) is 0.636. The van der Waals surface area contributed by atoms with E-state index < -0.39 is 0 Å². The molecule has 4 bridgehead atoms. The average Bonchev–Trinajstić information content (AvgIpc) is 2.68. The Morgan fingerprint density at radius 1 is 1.07 bits per heavy atom. The van der Waals surface area contributed by atoms with Crippen LogP contribution in [0.25, 0.3) is 0 Å². The Bertz CT molecular complexity index is 730. The van der Waals surface area contributed by atoms with Crippen LogP contribution in [0.5, 0.6) is 0 Å². The van der Waals surface area contributed by atoms with Crippen molar-refractivity contribution in [2.75, 3.05) is 26.3 Å². The third-order valence-electron chi connectivity index (χ3n) is 7.45. The fourth-order valence-corrected chi connectivity index (χ4v) is 7.01. The van der Waals surface area contributed by atoms with Gasteiger partial charge in [-0.15, -0.1) is 0 Å². The first kappa shape index (κ1) is 17.6. The molecule has 0 aromatic heterocycles. The van der Waals surface area contributed by atoms with Crippen LogP contribution in [0.15, 0.2) is 30.3 Å². The molecule has 0 spiro atoms. The van der Waals surface area contributed by atoms with E-state index in [1.54, 1.807) is 0 Å². The van der Waals surface area contributed by atoms with Gasteiger partial charge in [0.25, 0.3) is 0 Å². The predicted molar refractivity (Wildman–Crippen MR) is 108 cm³/mol. The number of carbonyl (C=O) groups excluding carboxylic acids is 1. The summed E-state index contributed by atoms with van der Waals surface area (Å²) in [6, 6.07) is 10.9. The number of morpholine rings is 1. The summed E-state index contributed by atoms with van der Waals surface area (Å²) in [5.41, 5.74) is 1.38. The van der Waals surface area contributed by atoms with Crippen molar-refractivity contribution >= 4 is 23.2 Å². The molecule has 1 N–H and O–H groups in total. The number of nitrogens with zero attached hydrogens (tertiary/aromatic N) is 1. The number of benzene rings is 1. The van der Waals surface area contributed by atoms with Crippen molar-refractivity contribution in [1.82, 2.24) is 10.2 Å². The molecule has 5 heteroatoms. The summed E-state index contributed by atoms with van der Waals surface area (Å²) in [5.74, 6) is 1.52. The van der Waals surface area contributed by atoms with Gasteiger partial charge in [-0.25, -0.2) is 0 Å². The average molecular weight is 385 g/mol. The van der Waals surface area contributed by atoms with Crippen LogP contribution in [0.1, 0.15) is 44.1 Å². The fourth-order valence-electron chi connectivity index (χ4n) is 6.73. The molecule has 5 fully saturated rings. The van der Waals surface area contributed by atoms with Crippen molar-refractivity contribution in [3.8, 4) is 0 Å². The minimum absolute atomic E-state index is 0.174. The lowest BCUT2D eigenvalue weighted by Gasteiger charge is -2.61. The molecule has 1 aliphatic heterocycles. The predicted octanol–water partition coefficient (Wildman–Crippen LogP) is 3.26. The summed E-state index contributed by atoms with van der Waals surface area (Å²) < 4.78 is 5.40. The molecule has 5 aliphatic rings. The Labute approximate surface area is 166 Å². The van der Waals surface area contributed by atoms with Crippen LogP contribution in [0.3, 0.4) is 0 Å². The molecule has 1 aromatic rings. The van der Waals surface area contributed by atoms with E-state index in [4.69, 9.17) is 17.0 Å². The Kier molecular flexibility index (Phi) is 4.28. The third kappa shape index (κ3) is 2.99. The zero-order chi connectivity index (χ0) is 18.5. The van der Waals surface area contributed by atoms with Crippen molar-refractivity contribution in [2.45, 2.75) is 43.9 Å². The molecule has 4 saturated carbocycles. The Morgan fingerprint density at radius 2 is 1.74 bits per heavy atom. The zero-order valence-corrected chi connectivity index (χ0v) is 16.6. The maximum absolute atomic E-state index is 13.5. The van der Waals surface area contributed by atoms with Gasteiger partial charge in [0.1, 0.15) is 0 Å². The highest BCUT2D eigenvalue weighted by atomic mass is 32.1. The quantitative estimate of drug-likeness (QED) is 0.795. The van der Waals surface area contributed by atoms with Crippen LogP contribution in [0.4, 0.5) is 0 Å². The summed E-state index contributed by atoms with van der Waals surface area (Å²) in [6.45, 7) is 2.90. The highest BCUT2D eigenvalue weighted by Gasteiger charge is 2.61. The van der Waals surface area contributed by atoms with Gasteiger partial charge < -0.3 is 15.0 Å². The topological polar surface area (TPSA) is 41.6 Å². The van der Waals surface area contributed by atoms with Crippen LogP contribution in [0, 0.1) is 17.3 Å². The summed E-state index contributed by atoms with van der Waals surface area (Å²) in [6.07, 6.45) is 6.85. The van der Waals surface area contributed by atoms with E-state index >= 15 is 0 Å². The van der Waals surface area contributed by atoms with Gasteiger partial charge in [-0.05, 0) is 73.6 Å². The number of hydrogen-bond acceptors (Lipinski definition) is 3. The number of nitrogens with one attached hydrogen (secondary N) is 1. The highest BCUT2D eigenvalue weighted by Crippen LogP contribution is 2.65. The standard InChI is InChI=1S/C22H28N2O2S/c25-19(23-20(27)24-6-8-26-9-7-24)22-13-16-10-17(14-22)12-21(11-16,15-22)18-4-2-1-3-5-18/h1-5,16-17H,6-15H2,(H,23,25,27). The third-order valence-corrected chi connectivity index (χ3v) is 7.81. The molecule has 144 valence electrons. The second kappa shape index (κ2) is 6.56. The first-order chi connectivity index (χ1) is 13.1. The van der Waals surface area contributed by atoms with Crippen LogP contribution in [-0.2, 0) is 14.9 Å². The summed E-state index contributed by atoms with van der Waals surface area (Å²) in [7, 11) is 0. The molecule has 2 unspecified atom stereocenters. The van der Waals surface area contributed by atoms with Crippen LogP contribution >= 0.6 is 12.2 Å². The van der Waals surface area contributed by atoms with Crippen LogP contribution in [-0.4, -0.2) is 42.2 Å². The van der Waals surface area contributed by atoms with Crippen LogP contribution < -0.4 is 5.32 Å². The number of hydrogen-bond donors (Lipinski definition) is 1. The van der Waals surface area contributed by atoms with Gasteiger partial charge in [0.15, 0.2) is 5.11 Å². The molecule has 1 saturated heterocycles. The number of amides is 1. The van der Waals surface area contributed by atoms with Crippen molar-refractivity contribution in [3.05, 3.63) is 35.9 Å². The smallest absolute Gasteiger partial charge is 0.232 e. The number of thiocarbonyl (C=S) groups is 1. The van der Waals surface area contributed by atoms with E-state index in [1.165, 1.54) is 24.8 Å². The molecule has 2 atom stereocenters. The first-order valence-corrected chi connectivity index (χ1v) is 10.7. The Hall–Kier alpha value is -1.46. The SMILES string of the molecule is O=C(NC(=S)N1CCOCC1)C12CC3CC(C1)CC(c1ccccc1)(C3)C2. The van der Waals surface area contributed by atoms with Gasteiger partial charge in [0.2, 0.25) is 5.91 Å². The number of carbonyl (C=O) groups is 1. The summed E-state index contributed by atoms with van der Waals surface area (Å²) in [4.78, 5) is 15.5. The first-order valence-electron chi connectivity index (χ1n) is 10.3. The molecular formula is C22H28N2O2S. The van der Waals surface area contributed by atoms with Crippen molar-refractivity contribution < 1.29 is 9.53 Å². The minimum Gasteiger partial charge on any atom is -0.378 e. The van der Waals surface area contributed by atoms with Gasteiger partial charge in [0, 0.05) is 13.1 Å². The normalized spacial score (nSPS) is 37.3. The minimum atomic E-state index is -0.240. The maximum atomic E-state index is 13.5. The van der Waals surface area contributed by atoms with E-state index in [0.29, 0.717) is 30.2 Å². The molecule has 1 heterocycles. The maximum Gasteiger partial charge on any atom is 0.232 e. The zero-order valence-electron chi connectivity index (χ0n) is 15.8. The second-order valence-corrected chi connectivity index (χ2v) is 9.63. The molecule has 4 nitrogen and oxygen atoms in total. The largest absolute Gasteiger partial charge is 0.378 e. The van der Waals surface area contributed by atoms with Gasteiger partial charge in [0.05, 0.1) is 18.6 Å². The van der Waals surface area contributed by atoms with Crippen molar-refractivity contribution in [2.24, 2.45) is 17.3 Å². The Balaban J connectivity index is 1.39. The van der Waals surface area contributed by atoms with Gasteiger partial charge in [-0.2, -0.15) is 0 Å². The van der Waals surface area contributed by atoms with Crippen molar-refractivity contribution in [1.29, 1.82) is 0 Å². The van der Waals surface area contributed by atoms with E-state index in [0.717, 1.165) is 32.4 Å². The van der Waals surface area contributed by atoms with E-state index in [9.17, 15) is 4.79 Å². The lowest BCUT2D eigenvalue weighted by molar-refractivity contribution is -0.147. The van der Waals surface area contributed by atoms with E-state index in [2.05, 4.69) is 40.5 Å². The lowest BCUT2D eigenvalue weighted by atomic mass is 9.42. The van der Waals surface area contributed by atoms with Crippen LogP contribution in [0.2, 0.25) is 0 Å². The van der Waals surface area contributed by atoms with Gasteiger partial charge >= 0.3 is 0 Å². The molecule has 27 heavy (non-hydrogen) atoms. The van der Waals surface area contributed by atoms with Gasteiger partial charge in [-0.1, -0.05) is 30.3 Å². The van der Waals surface area contributed by atoms with Crippen molar-refractivity contribution in [3.63, 3.8) is 0 Å². The molecule has 1 aromatic carbocycles. The molecule has 0 radical (unpaired) electrons. The number of ether oxygens (including phenoxy) is 1. The van der Waals surface area contributed by atoms with E-state index in [1.807, 2.05) is 0 Å². The van der Waals surface area contributed by atoms with Gasteiger partial charge in [-0.3, -0.25) is 4.79 Å². The lowest BCUT2D eigenvalue weighted by Crippen LogP contribution is -2.60. The number of rotatable bonds is 2. The highest BCUT2D eigenvalue weighted by molar-refractivity contribution is 7.80. The monoisotopic (exact) mass is 384 g/mol. The summed E-state index contributed by atoms with van der Waals surface area (Å²) in [5, 5.41) is 3.73. The molecule has 1 amide bonds. The second-order valence-electron chi connectivity index (χ2n) is 9.25. The molecule has 6 rings (SSSR count). The summed E-state index contributed by atoms with van der Waals surface area (Å²) >= 11 is 5.56. The Morgan fingerprint density at radius 3 is 2.41 bits per heavy atom. The van der Waals surface area contributed by atoms with E-state index in [-0.39, 0.29) is 16.7 Å².